The van der Waals surface area contributed by atoms with Crippen LogP contribution < -0.4 is 0 Å². The highest BCUT2D eigenvalue weighted by atomic mass is 32.1. The summed E-state index contributed by atoms with van der Waals surface area (Å²) in [5, 5.41) is 22.7. The number of hydrogen-bond donors (Lipinski definition) is 1. The van der Waals surface area contributed by atoms with E-state index in [-0.39, 0.29) is 6.54 Å². The molecule has 0 saturated carbocycles. The van der Waals surface area contributed by atoms with E-state index in [1.54, 1.807) is 22.2 Å². The number of nitriles is 1. The molecule has 0 aliphatic carbocycles. The molecule has 3 rings (SSSR count). The first kappa shape index (κ1) is 17.2. The van der Waals surface area contributed by atoms with Gasteiger partial charge in [-0.1, -0.05) is 43.0 Å². The summed E-state index contributed by atoms with van der Waals surface area (Å²) < 4.78 is 1.68. The summed E-state index contributed by atoms with van der Waals surface area (Å²) in [4.78, 5) is 5.18. The summed E-state index contributed by atoms with van der Waals surface area (Å²) >= 11 is 1.65. The third-order valence-electron chi connectivity index (χ3n) is 4.22. The van der Waals surface area contributed by atoms with Crippen LogP contribution in [0.1, 0.15) is 16.1 Å². The van der Waals surface area contributed by atoms with E-state index in [1.165, 1.54) is 6.20 Å². The Bertz CT molecular complexity index is 877. The van der Waals surface area contributed by atoms with Crippen LogP contribution in [0.4, 0.5) is 0 Å². The van der Waals surface area contributed by atoms with Gasteiger partial charge in [-0.15, -0.1) is 11.3 Å². The van der Waals surface area contributed by atoms with E-state index in [9.17, 15) is 10.4 Å². The second-order valence-corrected chi connectivity index (χ2v) is 7.10. The Labute approximate surface area is 151 Å². The summed E-state index contributed by atoms with van der Waals surface area (Å²) in [7, 11) is 0. The zero-order valence-electron chi connectivity index (χ0n) is 13.8. The molecule has 2 aromatic heterocycles. The van der Waals surface area contributed by atoms with Crippen molar-refractivity contribution in [3.63, 3.8) is 0 Å². The smallest absolute Gasteiger partial charge is 0.140 e. The van der Waals surface area contributed by atoms with Gasteiger partial charge in [-0.2, -0.15) is 5.26 Å². The fourth-order valence-corrected chi connectivity index (χ4v) is 3.58. The lowest BCUT2D eigenvalue weighted by atomic mass is 9.85. The summed E-state index contributed by atoms with van der Waals surface area (Å²) in [5.41, 5.74) is 1.01. The van der Waals surface area contributed by atoms with Crippen LogP contribution in [0.25, 0.3) is 0 Å². The van der Waals surface area contributed by atoms with Crippen molar-refractivity contribution in [2.75, 3.05) is 0 Å². The molecule has 0 radical (unpaired) electrons. The monoisotopic (exact) mass is 349 g/mol. The average Bonchev–Trinajstić information content (AvgIpc) is 3.27. The first-order valence-electron chi connectivity index (χ1n) is 7.98. The van der Waals surface area contributed by atoms with Crippen LogP contribution in [-0.4, -0.2) is 20.3 Å². The molecule has 4 nitrogen and oxygen atoms in total. The van der Waals surface area contributed by atoms with Crippen LogP contribution in [0.3, 0.4) is 0 Å². The molecule has 2 heterocycles. The van der Waals surface area contributed by atoms with Crippen LogP contribution in [0.2, 0.25) is 0 Å². The van der Waals surface area contributed by atoms with Crippen molar-refractivity contribution in [1.82, 2.24) is 9.55 Å². The van der Waals surface area contributed by atoms with Gasteiger partial charge in [0, 0.05) is 17.7 Å². The van der Waals surface area contributed by atoms with E-state index in [1.807, 2.05) is 47.8 Å². The van der Waals surface area contributed by atoms with Crippen molar-refractivity contribution in [2.45, 2.75) is 25.0 Å². The van der Waals surface area contributed by atoms with Crippen molar-refractivity contribution >= 4 is 11.3 Å². The maximum absolute atomic E-state index is 11.5. The number of nitrogens with zero attached hydrogens (tertiary/aromatic N) is 3. The van der Waals surface area contributed by atoms with E-state index < -0.39 is 5.60 Å². The fraction of sp³-hybridized carbons (Fsp3) is 0.200. The first-order chi connectivity index (χ1) is 12.1. The standard InChI is InChI=1S/C20H19N3OS/c1-16(10-19-8-5-9-25-19)20(24,11-17-6-3-2-4-7-17)14-23-15-22-13-18(23)12-21/h2-9,13,15,24H,1,10-11,14H2. The lowest BCUT2D eigenvalue weighted by molar-refractivity contribution is 0.0579. The molecule has 0 amide bonds. The highest BCUT2D eigenvalue weighted by molar-refractivity contribution is 7.09. The van der Waals surface area contributed by atoms with Gasteiger partial charge in [-0.3, -0.25) is 0 Å². The average molecular weight is 349 g/mol. The van der Waals surface area contributed by atoms with E-state index in [0.717, 1.165) is 16.0 Å². The van der Waals surface area contributed by atoms with Gasteiger partial charge in [0.1, 0.15) is 17.4 Å². The summed E-state index contributed by atoms with van der Waals surface area (Å²) in [5.74, 6) is 0. The van der Waals surface area contributed by atoms with Gasteiger partial charge in [-0.25, -0.2) is 4.98 Å². The number of thiophene rings is 1. The number of benzene rings is 1. The normalized spacial score (nSPS) is 13.1. The van der Waals surface area contributed by atoms with Crippen molar-refractivity contribution < 1.29 is 5.11 Å². The number of aromatic nitrogens is 2. The highest BCUT2D eigenvalue weighted by Gasteiger charge is 2.32. The Morgan fingerprint density at radius 2 is 2.08 bits per heavy atom. The molecule has 0 bridgehead atoms. The van der Waals surface area contributed by atoms with Crippen molar-refractivity contribution in [2.24, 2.45) is 0 Å². The predicted octanol–water partition coefficient (Wildman–Crippen LogP) is 3.59. The predicted molar refractivity (Wildman–Crippen MR) is 99.2 cm³/mol. The molecule has 25 heavy (non-hydrogen) atoms. The highest BCUT2D eigenvalue weighted by Crippen LogP contribution is 2.28. The van der Waals surface area contributed by atoms with Gasteiger partial charge < -0.3 is 9.67 Å². The Morgan fingerprint density at radius 3 is 2.76 bits per heavy atom. The molecule has 0 aliphatic heterocycles. The van der Waals surface area contributed by atoms with Crippen LogP contribution in [0.5, 0.6) is 0 Å². The van der Waals surface area contributed by atoms with Crippen LogP contribution in [-0.2, 0) is 19.4 Å². The van der Waals surface area contributed by atoms with Crippen molar-refractivity contribution in [1.29, 1.82) is 5.26 Å². The minimum absolute atomic E-state index is 0.245. The van der Waals surface area contributed by atoms with Crippen LogP contribution in [0, 0.1) is 11.3 Å². The maximum atomic E-state index is 11.5. The molecule has 0 spiro atoms. The Hall–Kier alpha value is -2.68. The van der Waals surface area contributed by atoms with E-state index in [2.05, 4.69) is 17.6 Å². The van der Waals surface area contributed by atoms with E-state index in [4.69, 9.17) is 0 Å². The molecule has 5 heteroatoms. The third-order valence-corrected chi connectivity index (χ3v) is 5.10. The minimum Gasteiger partial charge on any atom is -0.383 e. The van der Waals surface area contributed by atoms with Crippen molar-refractivity contribution in [3.8, 4) is 6.07 Å². The molecule has 0 fully saturated rings. The largest absolute Gasteiger partial charge is 0.383 e. The second kappa shape index (κ2) is 7.47. The van der Waals surface area contributed by atoms with Gasteiger partial charge in [-0.05, 0) is 22.6 Å². The van der Waals surface area contributed by atoms with Gasteiger partial charge in [0.15, 0.2) is 0 Å². The third kappa shape index (κ3) is 4.05. The van der Waals surface area contributed by atoms with Crippen LogP contribution in [0.15, 0.2) is 72.5 Å². The van der Waals surface area contributed by atoms with E-state index in [0.29, 0.717) is 18.5 Å². The molecular formula is C20H19N3OS. The molecule has 1 aromatic carbocycles. The topological polar surface area (TPSA) is 61.8 Å². The van der Waals surface area contributed by atoms with Crippen LogP contribution >= 0.6 is 11.3 Å². The minimum atomic E-state index is -1.17. The molecular weight excluding hydrogens is 330 g/mol. The summed E-state index contributed by atoms with van der Waals surface area (Å²) in [6, 6.07) is 16.0. The number of rotatable bonds is 7. The Balaban J connectivity index is 1.89. The summed E-state index contributed by atoms with van der Waals surface area (Å²) in [6.07, 6.45) is 4.12. The number of imidazole rings is 1. The van der Waals surface area contributed by atoms with Gasteiger partial charge in [0.2, 0.25) is 0 Å². The fourth-order valence-electron chi connectivity index (χ4n) is 2.84. The SMILES string of the molecule is C=C(Cc1cccs1)C(O)(Cc1ccccc1)Cn1cncc1C#N. The zero-order valence-corrected chi connectivity index (χ0v) is 14.6. The molecule has 3 aromatic rings. The lowest BCUT2D eigenvalue weighted by Gasteiger charge is -2.31. The first-order valence-corrected chi connectivity index (χ1v) is 8.86. The number of hydrogen-bond acceptors (Lipinski definition) is 4. The Morgan fingerprint density at radius 1 is 1.28 bits per heavy atom. The van der Waals surface area contributed by atoms with E-state index >= 15 is 0 Å². The van der Waals surface area contributed by atoms with Crippen molar-refractivity contribution in [3.05, 3.63) is 88.7 Å². The zero-order chi connectivity index (χ0) is 17.7. The lowest BCUT2D eigenvalue weighted by Crippen LogP contribution is -2.39. The van der Waals surface area contributed by atoms with Gasteiger partial charge >= 0.3 is 0 Å². The molecule has 0 aliphatic rings. The van der Waals surface area contributed by atoms with Gasteiger partial charge in [0.05, 0.1) is 19.1 Å². The Kier molecular flexibility index (Phi) is 5.13. The van der Waals surface area contributed by atoms with Gasteiger partial charge in [0.25, 0.3) is 0 Å². The quantitative estimate of drug-likeness (QED) is 0.663. The molecule has 0 saturated heterocycles. The molecule has 126 valence electrons. The summed E-state index contributed by atoms with van der Waals surface area (Å²) in [6.45, 7) is 4.42. The second-order valence-electron chi connectivity index (χ2n) is 6.07. The molecule has 1 N–H and O–H groups in total. The molecule has 1 atom stereocenters. The molecule has 1 unspecified atom stereocenters. The number of aliphatic hydroxyl groups is 1. The maximum Gasteiger partial charge on any atom is 0.140 e.